The number of methoxy groups -OCH3 is 1. The Morgan fingerprint density at radius 3 is 2.39 bits per heavy atom. The van der Waals surface area contributed by atoms with Gasteiger partial charge in [0.2, 0.25) is 0 Å². The number of halogens is 2. The van der Waals surface area contributed by atoms with Gasteiger partial charge >= 0.3 is 0 Å². The van der Waals surface area contributed by atoms with Crippen molar-refractivity contribution in [2.45, 2.75) is 19.9 Å². The van der Waals surface area contributed by atoms with Crippen molar-refractivity contribution in [1.82, 2.24) is 5.32 Å². The maximum Gasteiger partial charge on any atom is 0.147 e. The fourth-order valence-electron chi connectivity index (χ4n) is 1.50. The largest absolute Gasteiger partial charge is 0.491 e. The van der Waals surface area contributed by atoms with Crippen LogP contribution in [0.3, 0.4) is 0 Å². The Balaban J connectivity index is 2.62. The zero-order valence-corrected chi connectivity index (χ0v) is 13.9. The summed E-state index contributed by atoms with van der Waals surface area (Å²) in [5, 5.41) is 3.30. The molecule has 0 fully saturated rings. The van der Waals surface area contributed by atoms with Crippen LogP contribution >= 0.6 is 31.9 Å². The topological polar surface area (TPSA) is 30.5 Å². The molecule has 0 amide bonds. The molecule has 0 aliphatic carbocycles. The lowest BCUT2D eigenvalue weighted by Crippen LogP contribution is -2.12. The zero-order valence-electron chi connectivity index (χ0n) is 10.8. The van der Waals surface area contributed by atoms with E-state index in [0.29, 0.717) is 13.2 Å². The molecule has 0 radical (unpaired) electrons. The molecule has 1 N–H and O–H groups in total. The van der Waals surface area contributed by atoms with Crippen LogP contribution in [0.15, 0.2) is 21.1 Å². The molecule has 1 aromatic carbocycles. The van der Waals surface area contributed by atoms with Crippen LogP contribution in [0.25, 0.3) is 0 Å². The van der Waals surface area contributed by atoms with E-state index in [1.54, 1.807) is 7.11 Å². The Morgan fingerprint density at radius 2 is 1.83 bits per heavy atom. The Bertz CT molecular complexity index is 349. The van der Waals surface area contributed by atoms with Crippen LogP contribution in [0.1, 0.15) is 18.9 Å². The monoisotopic (exact) mass is 379 g/mol. The normalized spacial score (nSPS) is 10.7. The number of ether oxygens (including phenoxy) is 2. The SMILES string of the molecule is CCNCc1cc(Br)c(OCCCOC)c(Br)c1. The van der Waals surface area contributed by atoms with Crippen molar-refractivity contribution in [2.24, 2.45) is 0 Å². The summed E-state index contributed by atoms with van der Waals surface area (Å²) in [5.74, 6) is 0.853. The van der Waals surface area contributed by atoms with Crippen molar-refractivity contribution in [3.05, 3.63) is 26.6 Å². The lowest BCUT2D eigenvalue weighted by Gasteiger charge is -2.12. The molecule has 0 spiro atoms. The van der Waals surface area contributed by atoms with Gasteiger partial charge in [-0.15, -0.1) is 0 Å². The first-order chi connectivity index (χ1) is 8.69. The molecule has 18 heavy (non-hydrogen) atoms. The molecule has 0 aliphatic heterocycles. The first-order valence-electron chi connectivity index (χ1n) is 5.99. The van der Waals surface area contributed by atoms with E-state index < -0.39 is 0 Å². The van der Waals surface area contributed by atoms with Gasteiger partial charge in [0.25, 0.3) is 0 Å². The summed E-state index contributed by atoms with van der Waals surface area (Å²) in [6.45, 7) is 5.28. The molecule has 102 valence electrons. The molecule has 0 saturated carbocycles. The van der Waals surface area contributed by atoms with Crippen LogP contribution in [0.2, 0.25) is 0 Å². The second-order valence-electron chi connectivity index (χ2n) is 3.86. The summed E-state index contributed by atoms with van der Waals surface area (Å²) >= 11 is 7.09. The molecule has 0 unspecified atom stereocenters. The maximum absolute atomic E-state index is 5.73. The van der Waals surface area contributed by atoms with E-state index in [1.807, 2.05) is 0 Å². The van der Waals surface area contributed by atoms with Crippen molar-refractivity contribution in [3.63, 3.8) is 0 Å². The maximum atomic E-state index is 5.73. The summed E-state index contributed by atoms with van der Waals surface area (Å²) in [6.07, 6.45) is 0.883. The van der Waals surface area contributed by atoms with E-state index >= 15 is 0 Å². The van der Waals surface area contributed by atoms with Crippen LogP contribution in [0, 0.1) is 0 Å². The van der Waals surface area contributed by atoms with Gasteiger partial charge in [-0.3, -0.25) is 0 Å². The lowest BCUT2D eigenvalue weighted by atomic mass is 10.2. The van der Waals surface area contributed by atoms with Gasteiger partial charge in [-0.05, 0) is 56.1 Å². The van der Waals surface area contributed by atoms with Gasteiger partial charge in [-0.2, -0.15) is 0 Å². The van der Waals surface area contributed by atoms with Gasteiger partial charge in [0.05, 0.1) is 15.6 Å². The highest BCUT2D eigenvalue weighted by atomic mass is 79.9. The van der Waals surface area contributed by atoms with Crippen LogP contribution in [0.5, 0.6) is 5.75 Å². The molecule has 0 saturated heterocycles. The van der Waals surface area contributed by atoms with E-state index in [2.05, 4.69) is 56.2 Å². The number of hydrogen-bond donors (Lipinski definition) is 1. The minimum atomic E-state index is 0.650. The molecular weight excluding hydrogens is 362 g/mol. The first kappa shape index (κ1) is 16.0. The molecule has 1 aromatic rings. The molecule has 0 heterocycles. The van der Waals surface area contributed by atoms with Gasteiger partial charge in [0.15, 0.2) is 0 Å². The van der Waals surface area contributed by atoms with Crippen molar-refractivity contribution < 1.29 is 9.47 Å². The fraction of sp³-hybridized carbons (Fsp3) is 0.538. The highest BCUT2D eigenvalue weighted by Gasteiger charge is 2.08. The molecule has 0 bridgehead atoms. The third-order valence-corrected chi connectivity index (χ3v) is 3.55. The highest BCUT2D eigenvalue weighted by molar-refractivity contribution is 9.11. The summed E-state index contributed by atoms with van der Waals surface area (Å²) in [5.41, 5.74) is 1.22. The first-order valence-corrected chi connectivity index (χ1v) is 7.58. The highest BCUT2D eigenvalue weighted by Crippen LogP contribution is 2.34. The van der Waals surface area contributed by atoms with Crippen LogP contribution in [0.4, 0.5) is 0 Å². The number of hydrogen-bond acceptors (Lipinski definition) is 3. The number of nitrogens with one attached hydrogen (secondary N) is 1. The van der Waals surface area contributed by atoms with Crippen LogP contribution in [-0.4, -0.2) is 26.9 Å². The standard InChI is InChI=1S/C13H19Br2NO2/c1-3-16-9-10-7-11(14)13(12(15)8-10)18-6-4-5-17-2/h7-8,16H,3-6,9H2,1-2H3. The Morgan fingerprint density at radius 1 is 1.17 bits per heavy atom. The third kappa shape index (κ3) is 5.26. The van der Waals surface area contributed by atoms with Crippen LogP contribution in [-0.2, 0) is 11.3 Å². The molecule has 5 heteroatoms. The summed E-state index contributed by atoms with van der Waals surface area (Å²) < 4.78 is 12.7. The Kier molecular flexibility index (Phi) is 7.90. The van der Waals surface area contributed by atoms with Crippen molar-refractivity contribution in [2.75, 3.05) is 26.9 Å². The van der Waals surface area contributed by atoms with Crippen molar-refractivity contribution in [3.8, 4) is 5.75 Å². The van der Waals surface area contributed by atoms with Gasteiger partial charge in [0, 0.05) is 26.7 Å². The second-order valence-corrected chi connectivity index (χ2v) is 5.57. The van der Waals surface area contributed by atoms with E-state index in [0.717, 1.165) is 34.2 Å². The fourth-order valence-corrected chi connectivity index (χ4v) is 3.01. The minimum Gasteiger partial charge on any atom is -0.491 e. The number of benzene rings is 1. The second kappa shape index (κ2) is 8.91. The molecule has 0 aromatic heterocycles. The lowest BCUT2D eigenvalue weighted by molar-refractivity contribution is 0.171. The van der Waals surface area contributed by atoms with E-state index in [1.165, 1.54) is 5.56 Å². The Labute approximate surface area is 125 Å². The molecule has 0 atom stereocenters. The predicted octanol–water partition coefficient (Wildman–Crippen LogP) is 3.74. The summed E-state index contributed by atoms with van der Waals surface area (Å²) in [4.78, 5) is 0. The van der Waals surface area contributed by atoms with Gasteiger partial charge < -0.3 is 14.8 Å². The molecule has 1 rings (SSSR count). The van der Waals surface area contributed by atoms with Gasteiger partial charge in [0.1, 0.15) is 5.75 Å². The summed E-state index contributed by atoms with van der Waals surface area (Å²) in [6, 6.07) is 4.16. The summed E-state index contributed by atoms with van der Waals surface area (Å²) in [7, 11) is 1.70. The smallest absolute Gasteiger partial charge is 0.147 e. The predicted molar refractivity (Wildman–Crippen MR) is 81.2 cm³/mol. The molecule has 0 aliphatic rings. The molecule has 3 nitrogen and oxygen atoms in total. The van der Waals surface area contributed by atoms with Crippen molar-refractivity contribution in [1.29, 1.82) is 0 Å². The Hall–Kier alpha value is -0.100. The van der Waals surface area contributed by atoms with E-state index in [-0.39, 0.29) is 0 Å². The molecular formula is C13H19Br2NO2. The van der Waals surface area contributed by atoms with Crippen molar-refractivity contribution >= 4 is 31.9 Å². The average Bonchev–Trinajstić information content (AvgIpc) is 2.34. The van der Waals surface area contributed by atoms with Gasteiger partial charge in [-0.25, -0.2) is 0 Å². The third-order valence-electron chi connectivity index (χ3n) is 2.38. The quantitative estimate of drug-likeness (QED) is 0.697. The number of rotatable bonds is 8. The van der Waals surface area contributed by atoms with E-state index in [9.17, 15) is 0 Å². The zero-order chi connectivity index (χ0) is 13.4. The van der Waals surface area contributed by atoms with Crippen LogP contribution < -0.4 is 10.1 Å². The van der Waals surface area contributed by atoms with E-state index in [4.69, 9.17) is 9.47 Å². The van der Waals surface area contributed by atoms with Gasteiger partial charge in [-0.1, -0.05) is 6.92 Å². The minimum absolute atomic E-state index is 0.650. The average molecular weight is 381 g/mol.